The molecule has 0 saturated carbocycles. The van der Waals surface area contributed by atoms with Crippen molar-refractivity contribution in [1.29, 1.82) is 0 Å². The lowest BCUT2D eigenvalue weighted by Gasteiger charge is -2.09. The molecule has 4 heteroatoms. The maximum Gasteiger partial charge on any atom is 0.163 e. The van der Waals surface area contributed by atoms with E-state index in [0.717, 1.165) is 16.5 Å². The van der Waals surface area contributed by atoms with Crippen molar-refractivity contribution < 1.29 is 9.53 Å². The van der Waals surface area contributed by atoms with Crippen molar-refractivity contribution in [2.75, 3.05) is 12.4 Å². The number of carbonyl (C=O) groups excluding carboxylic acids is 1. The van der Waals surface area contributed by atoms with E-state index in [-0.39, 0.29) is 5.78 Å². The molecule has 0 aliphatic carbocycles. The molecule has 0 atom stereocenters. The number of halogens is 1. The summed E-state index contributed by atoms with van der Waals surface area (Å²) >= 11 is 7.64. The monoisotopic (exact) mass is 320 g/mol. The van der Waals surface area contributed by atoms with Gasteiger partial charge in [-0.2, -0.15) is 11.8 Å². The largest absolute Gasteiger partial charge is 0.492 e. The van der Waals surface area contributed by atoms with Gasteiger partial charge >= 0.3 is 0 Å². The van der Waals surface area contributed by atoms with E-state index in [0.29, 0.717) is 17.9 Å². The lowest BCUT2D eigenvalue weighted by molar-refractivity contribution is 0.101. The Kier molecular flexibility index (Phi) is 6.15. The predicted molar refractivity (Wildman–Crippen MR) is 89.6 cm³/mol. The van der Waals surface area contributed by atoms with Crippen LogP contribution in [0.4, 0.5) is 0 Å². The van der Waals surface area contributed by atoms with Crippen LogP contribution in [-0.4, -0.2) is 18.1 Å². The van der Waals surface area contributed by atoms with Crippen LogP contribution in [0.25, 0.3) is 0 Å². The van der Waals surface area contributed by atoms with Crippen LogP contribution in [0.1, 0.15) is 22.8 Å². The number of rotatable bonds is 7. The molecule has 21 heavy (non-hydrogen) atoms. The van der Waals surface area contributed by atoms with Gasteiger partial charge in [-0.1, -0.05) is 35.9 Å². The zero-order chi connectivity index (χ0) is 15.1. The van der Waals surface area contributed by atoms with E-state index in [4.69, 9.17) is 16.3 Å². The Morgan fingerprint density at radius 2 is 1.86 bits per heavy atom. The summed E-state index contributed by atoms with van der Waals surface area (Å²) < 4.78 is 5.69. The smallest absolute Gasteiger partial charge is 0.163 e. The van der Waals surface area contributed by atoms with E-state index in [1.807, 2.05) is 42.5 Å². The number of hydrogen-bond donors (Lipinski definition) is 0. The predicted octanol–water partition coefficient (Wildman–Crippen LogP) is 4.85. The van der Waals surface area contributed by atoms with Crippen LogP contribution in [-0.2, 0) is 5.75 Å². The van der Waals surface area contributed by atoms with Gasteiger partial charge in [0.25, 0.3) is 0 Å². The Morgan fingerprint density at radius 3 is 2.57 bits per heavy atom. The van der Waals surface area contributed by atoms with Crippen LogP contribution in [0.15, 0.2) is 48.5 Å². The van der Waals surface area contributed by atoms with Crippen molar-refractivity contribution in [2.45, 2.75) is 12.7 Å². The topological polar surface area (TPSA) is 26.3 Å². The molecule has 0 saturated heterocycles. The fourth-order valence-electron chi connectivity index (χ4n) is 1.86. The fourth-order valence-corrected chi connectivity index (χ4v) is 2.76. The number of hydrogen-bond acceptors (Lipinski definition) is 3. The molecule has 0 heterocycles. The first-order valence-corrected chi connectivity index (χ1v) is 8.25. The van der Waals surface area contributed by atoms with Crippen LogP contribution in [0.3, 0.4) is 0 Å². The first kappa shape index (κ1) is 15.9. The molecule has 0 aromatic heterocycles. The van der Waals surface area contributed by atoms with Gasteiger partial charge in [0, 0.05) is 16.5 Å². The highest BCUT2D eigenvalue weighted by Gasteiger charge is 2.06. The van der Waals surface area contributed by atoms with Gasteiger partial charge in [-0.25, -0.2) is 0 Å². The molecule has 2 nitrogen and oxygen atoms in total. The molecule has 0 unspecified atom stereocenters. The van der Waals surface area contributed by atoms with Crippen LogP contribution < -0.4 is 4.74 Å². The molecule has 2 rings (SSSR count). The zero-order valence-corrected chi connectivity index (χ0v) is 13.4. The Labute approximate surface area is 134 Å². The first-order valence-electron chi connectivity index (χ1n) is 6.72. The normalized spacial score (nSPS) is 10.4. The van der Waals surface area contributed by atoms with Crippen LogP contribution >= 0.6 is 23.4 Å². The third-order valence-corrected chi connectivity index (χ3v) is 4.18. The van der Waals surface area contributed by atoms with E-state index in [1.54, 1.807) is 24.8 Å². The minimum atomic E-state index is 0.0272. The number of thioether (sulfide) groups is 1. The summed E-state index contributed by atoms with van der Waals surface area (Å²) in [6, 6.07) is 15.2. The molecule has 0 spiro atoms. The summed E-state index contributed by atoms with van der Waals surface area (Å²) in [6.07, 6.45) is 0. The van der Waals surface area contributed by atoms with Crippen molar-refractivity contribution in [1.82, 2.24) is 0 Å². The maximum atomic E-state index is 11.5. The van der Waals surface area contributed by atoms with Gasteiger partial charge in [-0.15, -0.1) is 0 Å². The van der Waals surface area contributed by atoms with E-state index in [9.17, 15) is 4.79 Å². The molecular weight excluding hydrogens is 304 g/mol. The van der Waals surface area contributed by atoms with Crippen LogP contribution in [0.5, 0.6) is 5.75 Å². The molecular formula is C17H17ClO2S. The summed E-state index contributed by atoms with van der Waals surface area (Å²) in [5.74, 6) is 2.49. The summed E-state index contributed by atoms with van der Waals surface area (Å²) in [5.41, 5.74) is 1.88. The van der Waals surface area contributed by atoms with Crippen molar-refractivity contribution in [3.05, 3.63) is 64.7 Å². The second-order valence-electron chi connectivity index (χ2n) is 4.58. The highest BCUT2D eigenvalue weighted by Crippen LogP contribution is 2.19. The number of ketones is 1. The third kappa shape index (κ3) is 5.10. The van der Waals surface area contributed by atoms with E-state index >= 15 is 0 Å². The Morgan fingerprint density at radius 1 is 1.14 bits per heavy atom. The van der Waals surface area contributed by atoms with Gasteiger partial charge in [0.15, 0.2) is 5.78 Å². The molecule has 2 aromatic carbocycles. The van der Waals surface area contributed by atoms with E-state index in [1.165, 1.54) is 5.56 Å². The first-order chi connectivity index (χ1) is 10.2. The minimum Gasteiger partial charge on any atom is -0.492 e. The molecule has 0 aliphatic heterocycles. The quantitative estimate of drug-likeness (QED) is 0.538. The number of para-hydroxylation sites is 1. The van der Waals surface area contributed by atoms with Crippen molar-refractivity contribution in [3.63, 3.8) is 0 Å². The fraction of sp³-hybridized carbons (Fsp3) is 0.235. The lowest BCUT2D eigenvalue weighted by atomic mass is 10.1. The Bertz CT molecular complexity index is 596. The Balaban J connectivity index is 1.75. The minimum absolute atomic E-state index is 0.0272. The second-order valence-corrected chi connectivity index (χ2v) is 6.12. The van der Waals surface area contributed by atoms with Gasteiger partial charge in [-0.05, 0) is 36.8 Å². The molecule has 110 valence electrons. The summed E-state index contributed by atoms with van der Waals surface area (Å²) in [6.45, 7) is 2.14. The number of Topliss-reactive ketones (excluding diaryl/α,β-unsaturated/α-hetero) is 1. The van der Waals surface area contributed by atoms with Gasteiger partial charge in [0.05, 0.1) is 12.2 Å². The molecule has 2 aromatic rings. The second kappa shape index (κ2) is 8.11. The molecule has 0 radical (unpaired) electrons. The molecule has 0 aliphatic rings. The molecule has 0 N–H and O–H groups in total. The Hall–Kier alpha value is -1.45. The summed E-state index contributed by atoms with van der Waals surface area (Å²) in [4.78, 5) is 11.5. The van der Waals surface area contributed by atoms with Gasteiger partial charge in [0.2, 0.25) is 0 Å². The molecule has 0 bridgehead atoms. The van der Waals surface area contributed by atoms with Crippen LogP contribution in [0.2, 0.25) is 5.02 Å². The van der Waals surface area contributed by atoms with Gasteiger partial charge < -0.3 is 4.74 Å². The van der Waals surface area contributed by atoms with E-state index < -0.39 is 0 Å². The van der Waals surface area contributed by atoms with Crippen LogP contribution in [0, 0.1) is 0 Å². The third-order valence-electron chi connectivity index (χ3n) is 2.93. The highest BCUT2D eigenvalue weighted by atomic mass is 35.5. The van der Waals surface area contributed by atoms with Gasteiger partial charge in [0.1, 0.15) is 5.75 Å². The number of ether oxygens (including phenoxy) is 1. The number of carbonyl (C=O) groups is 1. The summed E-state index contributed by atoms with van der Waals surface area (Å²) in [7, 11) is 0. The molecule has 0 fully saturated rings. The number of benzene rings is 2. The summed E-state index contributed by atoms with van der Waals surface area (Å²) in [5, 5.41) is 0.757. The zero-order valence-electron chi connectivity index (χ0n) is 11.8. The average Bonchev–Trinajstić information content (AvgIpc) is 2.49. The standard InChI is InChI=1S/C17H17ClO2S/c1-13(19)16-4-2-3-5-17(16)20-10-11-21-12-14-6-8-15(18)9-7-14/h2-9H,10-12H2,1H3. The van der Waals surface area contributed by atoms with Crippen molar-refractivity contribution in [2.24, 2.45) is 0 Å². The lowest BCUT2D eigenvalue weighted by Crippen LogP contribution is -2.04. The average molecular weight is 321 g/mol. The van der Waals surface area contributed by atoms with Crippen molar-refractivity contribution in [3.8, 4) is 5.75 Å². The highest BCUT2D eigenvalue weighted by molar-refractivity contribution is 7.98. The van der Waals surface area contributed by atoms with E-state index in [2.05, 4.69) is 0 Å². The maximum absolute atomic E-state index is 11.5. The SMILES string of the molecule is CC(=O)c1ccccc1OCCSCc1ccc(Cl)cc1. The van der Waals surface area contributed by atoms with Gasteiger partial charge in [-0.3, -0.25) is 4.79 Å². The van der Waals surface area contributed by atoms with Crippen molar-refractivity contribution >= 4 is 29.1 Å². The molecule has 0 amide bonds.